The van der Waals surface area contributed by atoms with Gasteiger partial charge >= 0.3 is 6.03 Å². The Hall–Kier alpha value is -0.970. The van der Waals surface area contributed by atoms with Gasteiger partial charge in [-0.2, -0.15) is 0 Å². The predicted octanol–water partition coefficient (Wildman–Crippen LogP) is 2.78. The summed E-state index contributed by atoms with van der Waals surface area (Å²) in [5.74, 6) is 0.0983. The number of nitrogens with two attached hydrogens (primary N) is 1. The Balaban J connectivity index is 0.00000312. The minimum atomic E-state index is -0.623. The number of nitrogens with zero attached hydrogens (tertiary/aromatic N) is 4. The zero-order valence-electron chi connectivity index (χ0n) is 13.9. The summed E-state index contributed by atoms with van der Waals surface area (Å²) in [6.07, 6.45) is 2.99. The zero-order chi connectivity index (χ0) is 17.9. The molecule has 2 rings (SSSR count). The van der Waals surface area contributed by atoms with E-state index in [0.29, 0.717) is 28.7 Å². The summed E-state index contributed by atoms with van der Waals surface area (Å²) in [6, 6.07) is -1.06. The summed E-state index contributed by atoms with van der Waals surface area (Å²) in [7, 11) is 0. The standard InChI is InChI=1S/C14H20Br2N6O2.ClH/c1-3-8(2)10(17)13(23)21-5-4-6-22(21)14(24)20-12-11(16)19-9(15)7-18-12;/h7-8,10H,3-6,17H2,1-2H3,(H,18,20,24);1H. The number of hydrogen-bond acceptors (Lipinski definition) is 5. The van der Waals surface area contributed by atoms with E-state index in [0.717, 1.165) is 6.42 Å². The first-order chi connectivity index (χ1) is 11.3. The maximum Gasteiger partial charge on any atom is 0.341 e. The Morgan fingerprint density at radius 1 is 1.36 bits per heavy atom. The lowest BCUT2D eigenvalue weighted by Crippen LogP contribution is -2.53. The number of aromatic nitrogens is 2. The van der Waals surface area contributed by atoms with Gasteiger partial charge in [0, 0.05) is 13.1 Å². The number of carbonyl (C=O) groups is 2. The first kappa shape index (κ1) is 22.1. The van der Waals surface area contributed by atoms with E-state index in [2.05, 4.69) is 47.1 Å². The second-order valence-electron chi connectivity index (χ2n) is 5.61. The normalized spacial score (nSPS) is 16.2. The Morgan fingerprint density at radius 3 is 2.60 bits per heavy atom. The van der Waals surface area contributed by atoms with Crippen molar-refractivity contribution in [2.75, 3.05) is 18.4 Å². The average Bonchev–Trinajstić information content (AvgIpc) is 3.04. The number of nitrogens with one attached hydrogen (secondary N) is 1. The number of rotatable bonds is 4. The Bertz CT molecular complexity index is 635. The van der Waals surface area contributed by atoms with Gasteiger partial charge in [-0.1, -0.05) is 20.3 Å². The highest BCUT2D eigenvalue weighted by atomic mass is 79.9. The van der Waals surface area contributed by atoms with Gasteiger partial charge in [0.15, 0.2) is 5.82 Å². The molecule has 3 amide bonds. The molecular formula is C14H21Br2ClN6O2. The van der Waals surface area contributed by atoms with Crippen LogP contribution in [0.25, 0.3) is 0 Å². The monoisotopic (exact) mass is 498 g/mol. The van der Waals surface area contributed by atoms with Crippen LogP contribution in [0.1, 0.15) is 26.7 Å². The summed E-state index contributed by atoms with van der Waals surface area (Å²) in [6.45, 7) is 4.84. The van der Waals surface area contributed by atoms with Crippen LogP contribution in [-0.4, -0.2) is 51.1 Å². The van der Waals surface area contributed by atoms with Gasteiger partial charge in [-0.25, -0.2) is 24.8 Å². The average molecular weight is 501 g/mol. The van der Waals surface area contributed by atoms with Gasteiger partial charge in [-0.15, -0.1) is 12.4 Å². The van der Waals surface area contributed by atoms with Crippen molar-refractivity contribution in [1.82, 2.24) is 20.0 Å². The Morgan fingerprint density at radius 2 is 2.00 bits per heavy atom. The fraction of sp³-hybridized carbons (Fsp3) is 0.571. The molecule has 0 spiro atoms. The van der Waals surface area contributed by atoms with Gasteiger partial charge in [-0.05, 0) is 44.2 Å². The molecule has 0 aromatic carbocycles. The summed E-state index contributed by atoms with van der Waals surface area (Å²) < 4.78 is 0.948. The Labute approximate surface area is 169 Å². The minimum absolute atomic E-state index is 0. The molecule has 1 aliphatic rings. The molecule has 8 nitrogen and oxygen atoms in total. The van der Waals surface area contributed by atoms with Crippen molar-refractivity contribution in [3.05, 3.63) is 15.4 Å². The molecule has 140 valence electrons. The topological polar surface area (TPSA) is 104 Å². The fourth-order valence-electron chi connectivity index (χ4n) is 2.32. The molecule has 1 saturated heterocycles. The smallest absolute Gasteiger partial charge is 0.320 e. The molecule has 1 fully saturated rings. The van der Waals surface area contributed by atoms with E-state index in [-0.39, 0.29) is 30.0 Å². The van der Waals surface area contributed by atoms with Gasteiger partial charge in [0.25, 0.3) is 5.91 Å². The van der Waals surface area contributed by atoms with E-state index in [1.807, 2.05) is 13.8 Å². The van der Waals surface area contributed by atoms with Gasteiger partial charge in [-0.3, -0.25) is 10.1 Å². The molecule has 2 unspecified atom stereocenters. The van der Waals surface area contributed by atoms with Crippen LogP contribution >= 0.6 is 44.3 Å². The third-order valence-corrected chi connectivity index (χ3v) is 4.92. The molecule has 1 aromatic rings. The third-order valence-electron chi connectivity index (χ3n) is 3.99. The fourth-order valence-corrected chi connectivity index (χ4v) is 3.23. The molecule has 25 heavy (non-hydrogen) atoms. The number of halogens is 3. The lowest BCUT2D eigenvalue weighted by atomic mass is 9.99. The van der Waals surface area contributed by atoms with E-state index in [9.17, 15) is 9.59 Å². The van der Waals surface area contributed by atoms with Crippen LogP contribution in [-0.2, 0) is 4.79 Å². The zero-order valence-corrected chi connectivity index (χ0v) is 17.9. The van der Waals surface area contributed by atoms with Crippen LogP contribution in [0.3, 0.4) is 0 Å². The number of anilines is 1. The second kappa shape index (κ2) is 9.65. The van der Waals surface area contributed by atoms with Crippen molar-refractivity contribution in [3.8, 4) is 0 Å². The van der Waals surface area contributed by atoms with Gasteiger partial charge in [0.05, 0.1) is 12.2 Å². The van der Waals surface area contributed by atoms with Gasteiger partial charge < -0.3 is 5.73 Å². The molecule has 0 aliphatic carbocycles. The number of amides is 3. The molecule has 2 atom stereocenters. The van der Waals surface area contributed by atoms with Crippen LogP contribution in [0.4, 0.5) is 10.6 Å². The maximum absolute atomic E-state index is 12.6. The van der Waals surface area contributed by atoms with Crippen LogP contribution in [0.15, 0.2) is 15.4 Å². The summed E-state index contributed by atoms with van der Waals surface area (Å²) in [5, 5.41) is 5.46. The lowest BCUT2D eigenvalue weighted by molar-refractivity contribution is -0.142. The van der Waals surface area contributed by atoms with Crippen LogP contribution < -0.4 is 11.1 Å². The number of carbonyl (C=O) groups excluding carboxylic acids is 2. The number of urea groups is 1. The highest BCUT2D eigenvalue weighted by Crippen LogP contribution is 2.21. The summed E-state index contributed by atoms with van der Waals surface area (Å²) in [5.41, 5.74) is 6.02. The quantitative estimate of drug-likeness (QED) is 0.662. The highest BCUT2D eigenvalue weighted by Gasteiger charge is 2.35. The summed E-state index contributed by atoms with van der Waals surface area (Å²) >= 11 is 6.44. The first-order valence-corrected chi connectivity index (χ1v) is 9.27. The molecule has 11 heteroatoms. The molecule has 0 bridgehead atoms. The van der Waals surface area contributed by atoms with E-state index in [1.54, 1.807) is 0 Å². The second-order valence-corrected chi connectivity index (χ2v) is 7.18. The van der Waals surface area contributed by atoms with E-state index in [1.165, 1.54) is 16.2 Å². The van der Waals surface area contributed by atoms with E-state index >= 15 is 0 Å². The molecule has 1 aliphatic heterocycles. The number of hydrogen-bond donors (Lipinski definition) is 2. The maximum atomic E-state index is 12.6. The minimum Gasteiger partial charge on any atom is -0.320 e. The highest BCUT2D eigenvalue weighted by molar-refractivity contribution is 9.11. The molecule has 1 aromatic heterocycles. The predicted molar refractivity (Wildman–Crippen MR) is 104 cm³/mol. The molecule has 0 saturated carbocycles. The van der Waals surface area contributed by atoms with Crippen LogP contribution in [0.5, 0.6) is 0 Å². The van der Waals surface area contributed by atoms with Crippen molar-refractivity contribution in [2.24, 2.45) is 11.7 Å². The third kappa shape index (κ3) is 5.25. The van der Waals surface area contributed by atoms with Crippen LogP contribution in [0.2, 0.25) is 0 Å². The van der Waals surface area contributed by atoms with E-state index in [4.69, 9.17) is 5.73 Å². The lowest BCUT2D eigenvalue weighted by Gasteiger charge is -2.31. The summed E-state index contributed by atoms with van der Waals surface area (Å²) in [4.78, 5) is 33.3. The molecule has 3 N–H and O–H groups in total. The largest absolute Gasteiger partial charge is 0.341 e. The van der Waals surface area contributed by atoms with Gasteiger partial charge in [0.1, 0.15) is 9.21 Å². The van der Waals surface area contributed by atoms with Crippen molar-refractivity contribution < 1.29 is 9.59 Å². The van der Waals surface area contributed by atoms with E-state index < -0.39 is 12.1 Å². The van der Waals surface area contributed by atoms with Crippen molar-refractivity contribution in [2.45, 2.75) is 32.7 Å². The number of hydrazine groups is 1. The first-order valence-electron chi connectivity index (χ1n) is 7.68. The Kier molecular flexibility index (Phi) is 8.52. The van der Waals surface area contributed by atoms with Crippen LogP contribution in [0, 0.1) is 5.92 Å². The van der Waals surface area contributed by atoms with Crippen molar-refractivity contribution >= 4 is 62.0 Å². The molecule has 0 radical (unpaired) electrons. The van der Waals surface area contributed by atoms with Crippen molar-refractivity contribution in [3.63, 3.8) is 0 Å². The van der Waals surface area contributed by atoms with Crippen molar-refractivity contribution in [1.29, 1.82) is 0 Å². The SMILES string of the molecule is CCC(C)C(N)C(=O)N1CCCN1C(=O)Nc1ncc(Br)nc1Br.Cl. The molecular weight excluding hydrogens is 479 g/mol. The van der Waals surface area contributed by atoms with Gasteiger partial charge in [0.2, 0.25) is 0 Å². The molecule has 2 heterocycles.